The van der Waals surface area contributed by atoms with Crippen LogP contribution in [-0.4, -0.2) is 70.4 Å². The van der Waals surface area contributed by atoms with Crippen LogP contribution in [0.2, 0.25) is 0 Å². The zero-order chi connectivity index (χ0) is 18.6. The number of thiazole rings is 1. The molecule has 0 spiro atoms. The third kappa shape index (κ3) is 4.23. The summed E-state index contributed by atoms with van der Waals surface area (Å²) in [7, 11) is 1.97. The van der Waals surface area contributed by atoms with Gasteiger partial charge < -0.3 is 9.80 Å². The van der Waals surface area contributed by atoms with Crippen LogP contribution in [0.5, 0.6) is 0 Å². The molecule has 7 nitrogen and oxygen atoms in total. The van der Waals surface area contributed by atoms with Crippen LogP contribution < -0.4 is 4.90 Å². The number of nitrogens with zero attached hydrogens (tertiary/aromatic N) is 6. The molecule has 1 aliphatic heterocycles. The van der Waals surface area contributed by atoms with E-state index in [0.717, 1.165) is 29.6 Å². The van der Waals surface area contributed by atoms with Crippen LogP contribution >= 0.6 is 11.3 Å². The van der Waals surface area contributed by atoms with Crippen molar-refractivity contribution in [1.29, 1.82) is 0 Å². The van der Waals surface area contributed by atoms with E-state index < -0.39 is 0 Å². The minimum Gasteiger partial charge on any atom is -0.338 e. The third-order valence-corrected chi connectivity index (χ3v) is 5.64. The number of para-hydroxylation sites is 1. The van der Waals surface area contributed by atoms with E-state index in [-0.39, 0.29) is 5.91 Å². The van der Waals surface area contributed by atoms with Crippen LogP contribution in [0.3, 0.4) is 0 Å². The monoisotopic (exact) mass is 382 g/mol. The molecule has 0 unspecified atom stereocenters. The summed E-state index contributed by atoms with van der Waals surface area (Å²) in [6, 6.07) is 9.94. The van der Waals surface area contributed by atoms with Crippen LogP contribution in [0.25, 0.3) is 10.2 Å². The number of carbonyl (C=O) groups excluding carboxylic acids is 1. The Balaban J connectivity index is 1.29. The van der Waals surface area contributed by atoms with Crippen molar-refractivity contribution in [3.05, 3.63) is 47.7 Å². The molecular weight excluding hydrogens is 360 g/mol. The van der Waals surface area contributed by atoms with E-state index in [4.69, 9.17) is 0 Å². The SMILES string of the molecule is CN(CC(=O)N1CCN(c2ncccn2)CC1)Cc1nc2ccccc2s1. The second kappa shape index (κ2) is 7.98. The van der Waals surface area contributed by atoms with Crippen molar-refractivity contribution in [3.8, 4) is 0 Å². The van der Waals surface area contributed by atoms with Gasteiger partial charge in [0.1, 0.15) is 5.01 Å². The second-order valence-electron chi connectivity index (χ2n) is 6.66. The molecule has 4 rings (SSSR count). The van der Waals surface area contributed by atoms with Gasteiger partial charge in [-0.05, 0) is 25.2 Å². The van der Waals surface area contributed by atoms with Crippen LogP contribution in [0.1, 0.15) is 5.01 Å². The predicted octanol–water partition coefficient (Wildman–Crippen LogP) is 1.87. The number of aromatic nitrogens is 3. The molecule has 0 bridgehead atoms. The van der Waals surface area contributed by atoms with E-state index in [0.29, 0.717) is 26.2 Å². The summed E-state index contributed by atoms with van der Waals surface area (Å²) < 4.78 is 1.19. The van der Waals surface area contributed by atoms with Gasteiger partial charge in [0.25, 0.3) is 0 Å². The highest BCUT2D eigenvalue weighted by atomic mass is 32.1. The summed E-state index contributed by atoms with van der Waals surface area (Å²) in [6.45, 7) is 4.01. The highest BCUT2D eigenvalue weighted by Crippen LogP contribution is 2.22. The van der Waals surface area contributed by atoms with Gasteiger partial charge in [0.15, 0.2) is 0 Å². The lowest BCUT2D eigenvalue weighted by atomic mass is 10.3. The molecule has 3 aromatic rings. The average molecular weight is 382 g/mol. The van der Waals surface area contributed by atoms with Gasteiger partial charge >= 0.3 is 0 Å². The maximum Gasteiger partial charge on any atom is 0.236 e. The number of carbonyl (C=O) groups is 1. The summed E-state index contributed by atoms with van der Waals surface area (Å²) in [6.07, 6.45) is 3.49. The van der Waals surface area contributed by atoms with Crippen LogP contribution in [-0.2, 0) is 11.3 Å². The Morgan fingerprint density at radius 1 is 1.11 bits per heavy atom. The standard InChI is InChI=1S/C19H22N6OS/c1-23(13-17-22-15-5-2-3-6-16(15)27-17)14-18(26)24-9-11-25(12-10-24)19-20-7-4-8-21-19/h2-8H,9-14H2,1H3. The maximum atomic E-state index is 12.6. The van der Waals surface area contributed by atoms with E-state index in [2.05, 4.69) is 25.9 Å². The Kier molecular flexibility index (Phi) is 5.26. The second-order valence-corrected chi connectivity index (χ2v) is 7.78. The van der Waals surface area contributed by atoms with Gasteiger partial charge in [-0.2, -0.15) is 0 Å². The van der Waals surface area contributed by atoms with Crippen molar-refractivity contribution in [1.82, 2.24) is 24.8 Å². The number of anilines is 1. The van der Waals surface area contributed by atoms with Gasteiger partial charge in [-0.25, -0.2) is 15.0 Å². The molecule has 8 heteroatoms. The van der Waals surface area contributed by atoms with Crippen LogP contribution in [0.4, 0.5) is 5.95 Å². The Labute approximate surface area is 162 Å². The van der Waals surface area contributed by atoms with Crippen molar-refractivity contribution < 1.29 is 4.79 Å². The highest BCUT2D eigenvalue weighted by Gasteiger charge is 2.23. The lowest BCUT2D eigenvalue weighted by molar-refractivity contribution is -0.132. The van der Waals surface area contributed by atoms with Crippen LogP contribution in [0, 0.1) is 0 Å². The van der Waals surface area contributed by atoms with Gasteiger partial charge in [-0.1, -0.05) is 12.1 Å². The molecule has 1 aliphatic rings. The molecule has 0 N–H and O–H groups in total. The average Bonchev–Trinajstić information content (AvgIpc) is 3.10. The van der Waals surface area contributed by atoms with Crippen molar-refractivity contribution in [2.45, 2.75) is 6.54 Å². The van der Waals surface area contributed by atoms with E-state index in [9.17, 15) is 4.79 Å². The van der Waals surface area contributed by atoms with E-state index in [1.807, 2.05) is 41.1 Å². The minimum absolute atomic E-state index is 0.159. The molecular formula is C19H22N6OS. The van der Waals surface area contributed by atoms with Gasteiger partial charge in [0.05, 0.1) is 23.3 Å². The smallest absolute Gasteiger partial charge is 0.236 e. The Bertz CT molecular complexity index is 874. The molecule has 1 amide bonds. The van der Waals surface area contributed by atoms with Gasteiger partial charge in [0, 0.05) is 38.6 Å². The number of likely N-dealkylation sites (N-methyl/N-ethyl adjacent to an activating group) is 1. The lowest BCUT2D eigenvalue weighted by Crippen LogP contribution is -2.51. The van der Waals surface area contributed by atoms with Gasteiger partial charge in [-0.3, -0.25) is 9.69 Å². The summed E-state index contributed by atoms with van der Waals surface area (Å²) in [5, 5.41) is 1.04. The number of fused-ring (bicyclic) bond motifs is 1. The zero-order valence-corrected chi connectivity index (χ0v) is 16.1. The first-order chi connectivity index (χ1) is 13.2. The van der Waals surface area contributed by atoms with Crippen molar-refractivity contribution >= 4 is 33.4 Å². The molecule has 27 heavy (non-hydrogen) atoms. The summed E-state index contributed by atoms with van der Waals surface area (Å²) in [4.78, 5) is 31.9. The normalized spacial score (nSPS) is 14.9. The quantitative estimate of drug-likeness (QED) is 0.671. The first-order valence-corrected chi connectivity index (χ1v) is 9.83. The summed E-state index contributed by atoms with van der Waals surface area (Å²) >= 11 is 1.69. The number of rotatable bonds is 5. The molecule has 2 aromatic heterocycles. The fourth-order valence-electron chi connectivity index (χ4n) is 3.22. The molecule has 1 fully saturated rings. The van der Waals surface area contributed by atoms with Crippen molar-refractivity contribution in [2.75, 3.05) is 44.7 Å². The molecule has 1 aromatic carbocycles. The third-order valence-electron chi connectivity index (χ3n) is 4.62. The molecule has 0 atom stereocenters. The van der Waals surface area contributed by atoms with Gasteiger partial charge in [0.2, 0.25) is 11.9 Å². The van der Waals surface area contributed by atoms with Crippen molar-refractivity contribution in [3.63, 3.8) is 0 Å². The Hall–Kier alpha value is -2.58. The highest BCUT2D eigenvalue weighted by molar-refractivity contribution is 7.18. The van der Waals surface area contributed by atoms with E-state index >= 15 is 0 Å². The summed E-state index contributed by atoms with van der Waals surface area (Å²) in [5.74, 6) is 0.893. The van der Waals surface area contributed by atoms with Crippen LogP contribution in [0.15, 0.2) is 42.7 Å². The Morgan fingerprint density at radius 3 is 2.59 bits per heavy atom. The predicted molar refractivity (Wildman–Crippen MR) is 107 cm³/mol. The topological polar surface area (TPSA) is 65.5 Å². The molecule has 1 saturated heterocycles. The first-order valence-electron chi connectivity index (χ1n) is 9.02. The maximum absolute atomic E-state index is 12.6. The van der Waals surface area contributed by atoms with E-state index in [1.54, 1.807) is 23.7 Å². The number of piperazine rings is 1. The molecule has 3 heterocycles. The largest absolute Gasteiger partial charge is 0.338 e. The number of amides is 1. The molecule has 0 aliphatic carbocycles. The summed E-state index contributed by atoms with van der Waals surface area (Å²) in [5.41, 5.74) is 1.02. The number of benzene rings is 1. The fraction of sp³-hybridized carbons (Fsp3) is 0.368. The molecule has 0 radical (unpaired) electrons. The zero-order valence-electron chi connectivity index (χ0n) is 15.3. The number of hydrogen-bond donors (Lipinski definition) is 0. The number of hydrogen-bond acceptors (Lipinski definition) is 7. The fourth-order valence-corrected chi connectivity index (χ4v) is 4.26. The lowest BCUT2D eigenvalue weighted by Gasteiger charge is -2.35. The molecule has 140 valence electrons. The van der Waals surface area contributed by atoms with E-state index in [1.165, 1.54) is 4.70 Å². The minimum atomic E-state index is 0.159. The van der Waals surface area contributed by atoms with Crippen molar-refractivity contribution in [2.24, 2.45) is 0 Å². The van der Waals surface area contributed by atoms with Gasteiger partial charge in [-0.15, -0.1) is 11.3 Å². The molecule has 0 saturated carbocycles. The first kappa shape index (κ1) is 17.8. The Morgan fingerprint density at radius 2 is 1.85 bits per heavy atom.